The van der Waals surface area contributed by atoms with Gasteiger partial charge >= 0.3 is 0 Å². The molecular formula is C25H40O3. The number of fused-ring (bicyclic) bond motifs is 1. The molecule has 0 bridgehead atoms. The predicted octanol–water partition coefficient (Wildman–Crippen LogP) is 4.92. The maximum absolute atomic E-state index is 10.3. The molecule has 3 heteroatoms. The molecule has 6 atom stereocenters. The smallest absolute Gasteiger partial charge is 0.0811 e. The molecule has 0 spiro atoms. The summed E-state index contributed by atoms with van der Waals surface area (Å²) in [4.78, 5) is 0. The van der Waals surface area contributed by atoms with E-state index in [1.807, 2.05) is 13.8 Å². The maximum atomic E-state index is 10.3. The Kier molecular flexibility index (Phi) is 6.29. The van der Waals surface area contributed by atoms with Crippen LogP contribution in [0.15, 0.2) is 35.5 Å². The van der Waals surface area contributed by atoms with E-state index in [2.05, 4.69) is 32.6 Å². The molecule has 3 nitrogen and oxygen atoms in total. The van der Waals surface area contributed by atoms with Gasteiger partial charge in [-0.3, -0.25) is 0 Å². The first kappa shape index (κ1) is 21.8. The molecule has 3 saturated carbocycles. The summed E-state index contributed by atoms with van der Waals surface area (Å²) >= 11 is 0. The fourth-order valence-corrected chi connectivity index (χ4v) is 6.61. The van der Waals surface area contributed by atoms with E-state index in [9.17, 15) is 15.3 Å². The lowest BCUT2D eigenvalue weighted by Crippen LogP contribution is -2.37. The molecule has 0 saturated heterocycles. The summed E-state index contributed by atoms with van der Waals surface area (Å²) in [6.07, 6.45) is 11.3. The first-order valence-electron chi connectivity index (χ1n) is 11.2. The molecule has 0 aliphatic heterocycles. The highest BCUT2D eigenvalue weighted by molar-refractivity contribution is 5.38. The number of allylic oxidation sites excluding steroid dienone is 3. The van der Waals surface area contributed by atoms with E-state index in [-0.39, 0.29) is 0 Å². The Morgan fingerprint density at radius 3 is 2.64 bits per heavy atom. The van der Waals surface area contributed by atoms with Crippen LogP contribution in [0.2, 0.25) is 0 Å². The molecule has 0 amide bonds. The van der Waals surface area contributed by atoms with E-state index < -0.39 is 17.8 Å². The van der Waals surface area contributed by atoms with Crippen LogP contribution in [0.1, 0.15) is 79.1 Å². The minimum absolute atomic E-state index is 0.315. The second-order valence-electron chi connectivity index (χ2n) is 10.7. The summed E-state index contributed by atoms with van der Waals surface area (Å²) in [5, 5.41) is 30.4. The lowest BCUT2D eigenvalue weighted by atomic mass is 9.60. The van der Waals surface area contributed by atoms with Gasteiger partial charge in [0.05, 0.1) is 17.8 Å². The van der Waals surface area contributed by atoms with Crippen molar-refractivity contribution >= 4 is 0 Å². The lowest BCUT2D eigenvalue weighted by Gasteiger charge is -2.45. The average Bonchev–Trinajstić information content (AvgIpc) is 2.93. The topological polar surface area (TPSA) is 60.7 Å². The monoisotopic (exact) mass is 388 g/mol. The molecule has 3 aliphatic rings. The highest BCUT2D eigenvalue weighted by atomic mass is 16.3. The Balaban J connectivity index is 1.79. The summed E-state index contributed by atoms with van der Waals surface area (Å²) in [5.74, 6) is 1.80. The third-order valence-electron chi connectivity index (χ3n) is 7.81. The summed E-state index contributed by atoms with van der Waals surface area (Å²) in [6.45, 7) is 12.7. The van der Waals surface area contributed by atoms with Crippen molar-refractivity contribution in [3.8, 4) is 0 Å². The van der Waals surface area contributed by atoms with Crippen LogP contribution in [0.4, 0.5) is 0 Å². The van der Waals surface area contributed by atoms with Crippen LogP contribution in [0.5, 0.6) is 0 Å². The minimum atomic E-state index is -0.622. The lowest BCUT2D eigenvalue weighted by molar-refractivity contribution is 0.0193. The zero-order valence-corrected chi connectivity index (χ0v) is 18.2. The third-order valence-corrected chi connectivity index (χ3v) is 7.81. The number of rotatable bonds is 4. The summed E-state index contributed by atoms with van der Waals surface area (Å²) in [6, 6.07) is 0. The number of aliphatic hydroxyl groups excluding tert-OH is 2. The third kappa shape index (κ3) is 4.47. The van der Waals surface area contributed by atoms with Gasteiger partial charge in [-0.05, 0) is 93.1 Å². The van der Waals surface area contributed by atoms with Crippen molar-refractivity contribution in [2.45, 2.75) is 96.9 Å². The van der Waals surface area contributed by atoms with Crippen LogP contribution >= 0.6 is 0 Å². The molecule has 3 fully saturated rings. The first-order chi connectivity index (χ1) is 13.0. The number of hydrogen-bond acceptors (Lipinski definition) is 3. The Bertz CT molecular complexity index is 653. The van der Waals surface area contributed by atoms with Gasteiger partial charge in [0.25, 0.3) is 0 Å². The Morgan fingerprint density at radius 2 is 1.96 bits per heavy atom. The van der Waals surface area contributed by atoms with E-state index in [0.717, 1.165) is 24.0 Å². The molecule has 28 heavy (non-hydrogen) atoms. The molecule has 0 radical (unpaired) electrons. The molecular weight excluding hydrogens is 348 g/mol. The fourth-order valence-electron chi connectivity index (χ4n) is 6.61. The van der Waals surface area contributed by atoms with E-state index in [1.165, 1.54) is 31.3 Å². The molecule has 158 valence electrons. The van der Waals surface area contributed by atoms with E-state index in [0.29, 0.717) is 36.0 Å². The second kappa shape index (κ2) is 8.08. The molecule has 0 heterocycles. The van der Waals surface area contributed by atoms with Crippen LogP contribution in [-0.2, 0) is 0 Å². The van der Waals surface area contributed by atoms with Crippen LogP contribution in [0, 0.1) is 23.2 Å². The van der Waals surface area contributed by atoms with Gasteiger partial charge in [0.15, 0.2) is 0 Å². The van der Waals surface area contributed by atoms with Crippen molar-refractivity contribution in [3.05, 3.63) is 35.5 Å². The van der Waals surface area contributed by atoms with Crippen LogP contribution in [0.25, 0.3) is 0 Å². The van der Waals surface area contributed by atoms with E-state index in [4.69, 9.17) is 0 Å². The molecule has 3 rings (SSSR count). The SMILES string of the molecule is C=C1/C(=C\C=C2/CCCC3(C)C2CCC3C(C)CC(C)(C)O)CC(O)CC1O. The highest BCUT2D eigenvalue weighted by Gasteiger charge is 2.51. The normalized spacial score (nSPS) is 40.8. The van der Waals surface area contributed by atoms with Crippen molar-refractivity contribution < 1.29 is 15.3 Å². The summed E-state index contributed by atoms with van der Waals surface area (Å²) in [7, 11) is 0. The highest BCUT2D eigenvalue weighted by Crippen LogP contribution is 2.60. The Hall–Kier alpha value is -0.900. The minimum Gasteiger partial charge on any atom is -0.393 e. The average molecular weight is 389 g/mol. The largest absolute Gasteiger partial charge is 0.393 e. The van der Waals surface area contributed by atoms with Crippen molar-refractivity contribution in [1.82, 2.24) is 0 Å². The van der Waals surface area contributed by atoms with Gasteiger partial charge in [0.1, 0.15) is 0 Å². The second-order valence-corrected chi connectivity index (χ2v) is 10.7. The van der Waals surface area contributed by atoms with Crippen LogP contribution in [-0.4, -0.2) is 33.1 Å². The molecule has 0 aromatic heterocycles. The molecule has 3 N–H and O–H groups in total. The summed E-state index contributed by atoms with van der Waals surface area (Å²) in [5.41, 5.74) is 3.01. The van der Waals surface area contributed by atoms with Gasteiger partial charge in [0.2, 0.25) is 0 Å². The zero-order chi connectivity index (χ0) is 20.7. The van der Waals surface area contributed by atoms with Crippen LogP contribution in [0.3, 0.4) is 0 Å². The number of hydrogen-bond donors (Lipinski definition) is 3. The maximum Gasteiger partial charge on any atom is 0.0811 e. The fraction of sp³-hybridized carbons (Fsp3) is 0.760. The first-order valence-corrected chi connectivity index (χ1v) is 11.2. The Labute approximate surface area is 171 Å². The van der Waals surface area contributed by atoms with E-state index in [1.54, 1.807) is 0 Å². The standard InChI is InChI=1S/C25H40O3/c1-16(15-24(3,4)28)21-10-11-22-18(7-6-12-25(21,22)5)8-9-19-13-20(26)14-23(27)17(19)2/h8-9,16,20-23,26-28H,2,6-7,10-15H2,1,3-5H3/b18-8+,19-9-. The predicted molar refractivity (Wildman–Crippen MR) is 115 cm³/mol. The van der Waals surface area contributed by atoms with Gasteiger partial charge in [-0.15, -0.1) is 0 Å². The molecule has 0 aromatic rings. The van der Waals surface area contributed by atoms with Gasteiger partial charge in [-0.25, -0.2) is 0 Å². The molecule has 3 aliphatic carbocycles. The van der Waals surface area contributed by atoms with Gasteiger partial charge in [-0.2, -0.15) is 0 Å². The molecule has 0 aromatic carbocycles. The van der Waals surface area contributed by atoms with Crippen molar-refractivity contribution in [2.75, 3.05) is 0 Å². The van der Waals surface area contributed by atoms with Crippen LogP contribution < -0.4 is 0 Å². The molecule has 6 unspecified atom stereocenters. The van der Waals surface area contributed by atoms with Gasteiger partial charge in [-0.1, -0.05) is 38.2 Å². The van der Waals surface area contributed by atoms with Crippen molar-refractivity contribution in [2.24, 2.45) is 23.2 Å². The van der Waals surface area contributed by atoms with Crippen molar-refractivity contribution in [3.63, 3.8) is 0 Å². The van der Waals surface area contributed by atoms with E-state index >= 15 is 0 Å². The Morgan fingerprint density at radius 1 is 1.25 bits per heavy atom. The van der Waals surface area contributed by atoms with Crippen molar-refractivity contribution in [1.29, 1.82) is 0 Å². The zero-order valence-electron chi connectivity index (χ0n) is 18.2. The van der Waals surface area contributed by atoms with Gasteiger partial charge in [0, 0.05) is 6.42 Å². The summed E-state index contributed by atoms with van der Waals surface area (Å²) < 4.78 is 0. The quantitative estimate of drug-likeness (QED) is 0.640. The number of aliphatic hydroxyl groups is 3. The van der Waals surface area contributed by atoms with Gasteiger partial charge < -0.3 is 15.3 Å².